The molecule has 4 N–H and O–H groups in total. The van der Waals surface area contributed by atoms with Crippen molar-refractivity contribution in [2.24, 2.45) is 5.84 Å². The van der Waals surface area contributed by atoms with Crippen LogP contribution < -0.4 is 17.0 Å². The van der Waals surface area contributed by atoms with E-state index in [2.05, 4.69) is 20.6 Å². The fraction of sp³-hybridized carbons (Fsp3) is 0.300. The number of halogens is 1. The molecule has 2 heterocycles. The Hall–Kier alpha value is -1.51. The van der Waals surface area contributed by atoms with Gasteiger partial charge < -0.3 is 5.43 Å². The Balaban J connectivity index is 2.16. The van der Waals surface area contributed by atoms with Crippen LogP contribution in [0.1, 0.15) is 12.6 Å². The molecule has 0 fully saturated rings. The Morgan fingerprint density at radius 2 is 2.37 bits per heavy atom. The van der Waals surface area contributed by atoms with Crippen LogP contribution in [0.3, 0.4) is 0 Å². The predicted octanol–water partition coefficient (Wildman–Crippen LogP) is 1.22. The second kappa shape index (κ2) is 6.09. The lowest BCUT2D eigenvalue weighted by atomic mass is 10.4. The van der Waals surface area contributed by atoms with Gasteiger partial charge in [0.05, 0.1) is 10.7 Å². The summed E-state index contributed by atoms with van der Waals surface area (Å²) >= 11 is 7.44. The SMILES string of the molecule is CCn1c(SCc2nc(NN)ccc2Cl)n[nH]c1=O. The van der Waals surface area contributed by atoms with Gasteiger partial charge in [-0.3, -0.25) is 4.57 Å². The van der Waals surface area contributed by atoms with E-state index in [-0.39, 0.29) is 5.69 Å². The van der Waals surface area contributed by atoms with E-state index in [1.807, 2.05) is 6.92 Å². The summed E-state index contributed by atoms with van der Waals surface area (Å²) < 4.78 is 1.55. The van der Waals surface area contributed by atoms with Crippen molar-refractivity contribution < 1.29 is 0 Å². The van der Waals surface area contributed by atoms with Gasteiger partial charge in [-0.15, -0.1) is 5.10 Å². The zero-order chi connectivity index (χ0) is 13.8. The van der Waals surface area contributed by atoms with Crippen molar-refractivity contribution in [1.82, 2.24) is 19.7 Å². The van der Waals surface area contributed by atoms with Gasteiger partial charge in [0.2, 0.25) is 0 Å². The van der Waals surface area contributed by atoms with Gasteiger partial charge in [-0.2, -0.15) is 0 Å². The monoisotopic (exact) mass is 300 g/mol. The molecule has 0 unspecified atom stereocenters. The van der Waals surface area contributed by atoms with E-state index < -0.39 is 0 Å². The molecule has 0 amide bonds. The number of hydrogen-bond acceptors (Lipinski definition) is 6. The molecule has 0 aliphatic rings. The smallest absolute Gasteiger partial charge is 0.308 e. The number of aromatic nitrogens is 4. The number of hydrazine groups is 1. The van der Waals surface area contributed by atoms with Gasteiger partial charge in [0.1, 0.15) is 5.82 Å². The molecule has 0 aliphatic heterocycles. The van der Waals surface area contributed by atoms with Crippen LogP contribution in [0.4, 0.5) is 5.82 Å². The fourth-order valence-corrected chi connectivity index (χ4v) is 2.71. The molecule has 2 aromatic heterocycles. The molecule has 0 radical (unpaired) electrons. The lowest BCUT2D eigenvalue weighted by Gasteiger charge is -2.06. The van der Waals surface area contributed by atoms with Crippen molar-refractivity contribution in [2.75, 3.05) is 5.43 Å². The molecule has 9 heteroatoms. The highest BCUT2D eigenvalue weighted by atomic mass is 35.5. The number of nitrogens with zero attached hydrogens (tertiary/aromatic N) is 3. The number of hydrogen-bond donors (Lipinski definition) is 3. The Labute approximate surface area is 118 Å². The zero-order valence-corrected chi connectivity index (χ0v) is 11.8. The summed E-state index contributed by atoms with van der Waals surface area (Å²) in [6.45, 7) is 2.44. The third-order valence-corrected chi connectivity index (χ3v) is 3.78. The van der Waals surface area contributed by atoms with Gasteiger partial charge in [0.15, 0.2) is 5.16 Å². The molecule has 2 rings (SSSR count). The summed E-state index contributed by atoms with van der Waals surface area (Å²) in [6, 6.07) is 3.41. The van der Waals surface area contributed by atoms with E-state index >= 15 is 0 Å². The minimum Gasteiger partial charge on any atom is -0.308 e. The molecule has 0 aromatic carbocycles. The third-order valence-electron chi connectivity index (χ3n) is 2.44. The van der Waals surface area contributed by atoms with Crippen LogP contribution in [-0.2, 0) is 12.3 Å². The van der Waals surface area contributed by atoms with E-state index in [1.54, 1.807) is 16.7 Å². The zero-order valence-electron chi connectivity index (χ0n) is 10.2. The summed E-state index contributed by atoms with van der Waals surface area (Å²) in [5, 5.41) is 7.52. The van der Waals surface area contributed by atoms with Crippen LogP contribution in [0.5, 0.6) is 0 Å². The van der Waals surface area contributed by atoms with Crippen molar-refractivity contribution in [1.29, 1.82) is 0 Å². The number of pyridine rings is 1. The summed E-state index contributed by atoms with van der Waals surface area (Å²) in [5.74, 6) is 6.34. The van der Waals surface area contributed by atoms with Crippen molar-refractivity contribution in [2.45, 2.75) is 24.4 Å². The number of nitrogen functional groups attached to an aromatic ring is 1. The van der Waals surface area contributed by atoms with Gasteiger partial charge in [0.25, 0.3) is 0 Å². The highest BCUT2D eigenvalue weighted by Crippen LogP contribution is 2.24. The fourth-order valence-electron chi connectivity index (χ4n) is 1.49. The highest BCUT2D eigenvalue weighted by Gasteiger charge is 2.10. The minimum absolute atomic E-state index is 0.221. The number of aromatic amines is 1. The van der Waals surface area contributed by atoms with Crippen LogP contribution in [0.25, 0.3) is 0 Å². The molecule has 2 aromatic rings. The Morgan fingerprint density at radius 3 is 3.05 bits per heavy atom. The minimum atomic E-state index is -0.221. The predicted molar refractivity (Wildman–Crippen MR) is 75.1 cm³/mol. The summed E-state index contributed by atoms with van der Waals surface area (Å²) in [4.78, 5) is 15.7. The molecular formula is C10H13ClN6OS. The van der Waals surface area contributed by atoms with Crippen molar-refractivity contribution >= 4 is 29.2 Å². The van der Waals surface area contributed by atoms with E-state index in [0.29, 0.717) is 34.0 Å². The Morgan fingerprint density at radius 1 is 1.58 bits per heavy atom. The first-order valence-corrected chi connectivity index (χ1v) is 6.92. The highest BCUT2D eigenvalue weighted by molar-refractivity contribution is 7.98. The number of rotatable bonds is 5. The van der Waals surface area contributed by atoms with Gasteiger partial charge in [-0.25, -0.2) is 20.7 Å². The van der Waals surface area contributed by atoms with Crippen LogP contribution in [0.2, 0.25) is 5.02 Å². The van der Waals surface area contributed by atoms with Gasteiger partial charge in [-0.05, 0) is 19.1 Å². The van der Waals surface area contributed by atoms with Crippen molar-refractivity contribution in [3.8, 4) is 0 Å². The van der Waals surface area contributed by atoms with E-state index in [9.17, 15) is 4.79 Å². The van der Waals surface area contributed by atoms with Crippen molar-refractivity contribution in [3.05, 3.63) is 33.3 Å². The maximum absolute atomic E-state index is 11.4. The van der Waals surface area contributed by atoms with E-state index in [4.69, 9.17) is 17.4 Å². The van der Waals surface area contributed by atoms with Gasteiger partial charge in [-0.1, -0.05) is 23.4 Å². The maximum Gasteiger partial charge on any atom is 0.343 e. The topological polar surface area (TPSA) is 102 Å². The van der Waals surface area contributed by atoms with Crippen molar-refractivity contribution in [3.63, 3.8) is 0 Å². The number of nitrogens with two attached hydrogens (primary N) is 1. The first-order chi connectivity index (χ1) is 9.15. The number of nitrogens with one attached hydrogen (secondary N) is 2. The molecular weight excluding hydrogens is 288 g/mol. The molecule has 0 aliphatic carbocycles. The second-order valence-electron chi connectivity index (χ2n) is 3.61. The normalized spacial score (nSPS) is 10.7. The molecule has 0 saturated heterocycles. The summed E-state index contributed by atoms with van der Waals surface area (Å²) in [5.41, 5.74) is 2.92. The third kappa shape index (κ3) is 3.09. The molecule has 0 atom stereocenters. The largest absolute Gasteiger partial charge is 0.343 e. The standard InChI is InChI=1S/C10H13ClN6OS/c1-2-17-9(18)15-16-10(17)19-5-7-6(11)3-4-8(13-7)14-12/h3-4H,2,5,12H2,1H3,(H,13,14)(H,15,18). The lowest BCUT2D eigenvalue weighted by molar-refractivity contribution is 0.660. The Kier molecular flexibility index (Phi) is 4.46. The Bertz CT molecular complexity index is 625. The first-order valence-electron chi connectivity index (χ1n) is 5.55. The second-order valence-corrected chi connectivity index (χ2v) is 4.96. The first kappa shape index (κ1) is 13.9. The van der Waals surface area contributed by atoms with E-state index in [1.165, 1.54) is 11.8 Å². The van der Waals surface area contributed by atoms with Crippen LogP contribution in [-0.4, -0.2) is 19.7 Å². The number of H-pyrrole nitrogens is 1. The lowest BCUT2D eigenvalue weighted by Crippen LogP contribution is -2.16. The molecule has 0 spiro atoms. The van der Waals surface area contributed by atoms with Crippen LogP contribution in [0, 0.1) is 0 Å². The van der Waals surface area contributed by atoms with Gasteiger partial charge in [0, 0.05) is 12.3 Å². The maximum atomic E-state index is 11.4. The average Bonchev–Trinajstić information content (AvgIpc) is 2.78. The van der Waals surface area contributed by atoms with Crippen LogP contribution in [0.15, 0.2) is 22.1 Å². The molecule has 7 nitrogen and oxygen atoms in total. The van der Waals surface area contributed by atoms with E-state index in [0.717, 1.165) is 0 Å². The summed E-state index contributed by atoms with van der Waals surface area (Å²) in [7, 11) is 0. The molecule has 0 saturated carbocycles. The molecule has 102 valence electrons. The molecule has 19 heavy (non-hydrogen) atoms. The number of anilines is 1. The quantitative estimate of drug-likeness (QED) is 0.436. The molecule has 0 bridgehead atoms. The summed E-state index contributed by atoms with van der Waals surface area (Å²) in [6.07, 6.45) is 0. The average molecular weight is 301 g/mol. The number of thioether (sulfide) groups is 1. The van der Waals surface area contributed by atoms with Gasteiger partial charge >= 0.3 is 5.69 Å². The van der Waals surface area contributed by atoms with Crippen LogP contribution >= 0.6 is 23.4 Å².